The molecule has 188 valence electrons. The first kappa shape index (κ1) is 30.1. The van der Waals surface area contributed by atoms with Crippen molar-refractivity contribution in [3.8, 4) is 0 Å². The molecule has 0 fully saturated rings. The van der Waals surface area contributed by atoms with E-state index in [1.165, 1.54) is 11.8 Å². The smallest absolute Gasteiger partial charge is 0.326 e. The SMILES string of the molecule is CCC(C)C(NC(=O)C(CC(=O)O)NC(=O)C(CCSC)NC(=O)C(N)CC(N)=O)C(=O)O. The van der Waals surface area contributed by atoms with Crippen LogP contribution < -0.4 is 27.4 Å². The van der Waals surface area contributed by atoms with Gasteiger partial charge in [-0.25, -0.2) is 4.79 Å². The van der Waals surface area contributed by atoms with Crippen LogP contribution in [-0.4, -0.2) is 82.0 Å². The number of carboxylic acid groups (broad SMARTS) is 2. The topological polar surface area (TPSA) is 231 Å². The number of thioether (sulfide) groups is 1. The van der Waals surface area contributed by atoms with Gasteiger partial charge in [-0.1, -0.05) is 20.3 Å². The molecule has 13 nitrogen and oxygen atoms in total. The summed E-state index contributed by atoms with van der Waals surface area (Å²) in [6.07, 6.45) is 1.06. The fourth-order valence-electron chi connectivity index (χ4n) is 2.69. The predicted molar refractivity (Wildman–Crippen MR) is 120 cm³/mol. The van der Waals surface area contributed by atoms with Gasteiger partial charge in [0.1, 0.15) is 18.1 Å². The lowest BCUT2D eigenvalue weighted by molar-refractivity contribution is -0.144. The molecule has 0 aromatic carbocycles. The van der Waals surface area contributed by atoms with Crippen LogP contribution in [0.5, 0.6) is 0 Å². The minimum absolute atomic E-state index is 0.119. The molecule has 14 heteroatoms. The minimum Gasteiger partial charge on any atom is -0.481 e. The maximum atomic E-state index is 12.8. The molecular weight excluding hydrogens is 458 g/mol. The summed E-state index contributed by atoms with van der Waals surface area (Å²) in [5.74, 6) is -6.21. The number of nitrogens with one attached hydrogen (secondary N) is 3. The van der Waals surface area contributed by atoms with Crippen molar-refractivity contribution in [2.75, 3.05) is 12.0 Å². The molecule has 0 spiro atoms. The third kappa shape index (κ3) is 11.5. The summed E-state index contributed by atoms with van der Waals surface area (Å²) in [7, 11) is 0. The van der Waals surface area contributed by atoms with E-state index in [2.05, 4.69) is 16.0 Å². The van der Waals surface area contributed by atoms with Crippen molar-refractivity contribution in [2.24, 2.45) is 17.4 Å². The van der Waals surface area contributed by atoms with E-state index in [-0.39, 0.29) is 6.42 Å². The van der Waals surface area contributed by atoms with Crippen molar-refractivity contribution >= 4 is 47.3 Å². The second kappa shape index (κ2) is 15.1. The number of nitrogens with two attached hydrogens (primary N) is 2. The Balaban J connectivity index is 5.54. The zero-order valence-electron chi connectivity index (χ0n) is 18.8. The molecule has 0 radical (unpaired) electrons. The highest BCUT2D eigenvalue weighted by Crippen LogP contribution is 2.09. The van der Waals surface area contributed by atoms with Gasteiger partial charge in [0.2, 0.25) is 23.6 Å². The maximum absolute atomic E-state index is 12.8. The van der Waals surface area contributed by atoms with Crippen molar-refractivity contribution in [1.29, 1.82) is 0 Å². The Morgan fingerprint density at radius 1 is 0.909 bits per heavy atom. The first-order valence-electron chi connectivity index (χ1n) is 10.2. The van der Waals surface area contributed by atoms with Gasteiger partial charge in [-0.3, -0.25) is 24.0 Å². The molecule has 5 atom stereocenters. The second-order valence-electron chi connectivity index (χ2n) is 7.49. The zero-order chi connectivity index (χ0) is 25.7. The average molecular weight is 492 g/mol. The number of rotatable bonds is 16. The highest BCUT2D eigenvalue weighted by atomic mass is 32.2. The standard InChI is InChI=1S/C19H33N5O8S/c1-4-9(2)15(19(31)32)24-18(30)12(8-14(26)27)23-17(29)11(5-6-33-3)22-16(28)10(20)7-13(21)25/h9-12,15H,4-8,20H2,1-3H3,(H2,21,25)(H,22,28)(H,23,29)(H,24,30)(H,26,27)(H,31,32). The number of hydrogen-bond donors (Lipinski definition) is 7. The van der Waals surface area contributed by atoms with E-state index in [0.717, 1.165) is 0 Å². The van der Waals surface area contributed by atoms with Crippen LogP contribution in [0.25, 0.3) is 0 Å². The van der Waals surface area contributed by atoms with Gasteiger partial charge < -0.3 is 37.6 Å². The predicted octanol–water partition coefficient (Wildman–Crippen LogP) is -2.00. The fourth-order valence-corrected chi connectivity index (χ4v) is 3.16. The Morgan fingerprint density at radius 3 is 1.91 bits per heavy atom. The lowest BCUT2D eigenvalue weighted by atomic mass is 9.98. The van der Waals surface area contributed by atoms with Gasteiger partial charge >= 0.3 is 11.9 Å². The molecule has 0 aromatic rings. The van der Waals surface area contributed by atoms with Crippen LogP contribution >= 0.6 is 11.8 Å². The van der Waals surface area contributed by atoms with Gasteiger partial charge in [-0.15, -0.1) is 0 Å². The molecule has 0 aliphatic heterocycles. The van der Waals surface area contributed by atoms with E-state index in [1.807, 2.05) is 0 Å². The first-order chi connectivity index (χ1) is 15.3. The van der Waals surface area contributed by atoms with Crippen molar-refractivity contribution in [3.05, 3.63) is 0 Å². The Kier molecular flexibility index (Phi) is 13.7. The number of primary amides is 1. The molecule has 5 unspecified atom stereocenters. The Labute approximate surface area is 195 Å². The van der Waals surface area contributed by atoms with E-state index in [0.29, 0.717) is 12.2 Å². The van der Waals surface area contributed by atoms with Gasteiger partial charge in [0, 0.05) is 0 Å². The van der Waals surface area contributed by atoms with Crippen LogP contribution in [0.1, 0.15) is 39.5 Å². The van der Waals surface area contributed by atoms with Gasteiger partial charge in [0.05, 0.1) is 18.9 Å². The van der Waals surface area contributed by atoms with Gasteiger partial charge in [-0.2, -0.15) is 11.8 Å². The summed E-state index contributed by atoms with van der Waals surface area (Å²) in [4.78, 5) is 71.3. The summed E-state index contributed by atoms with van der Waals surface area (Å²) in [6, 6.07) is -5.35. The lowest BCUT2D eigenvalue weighted by Crippen LogP contribution is -2.58. The summed E-state index contributed by atoms with van der Waals surface area (Å²) < 4.78 is 0. The van der Waals surface area contributed by atoms with Gasteiger partial charge in [-0.05, 0) is 24.3 Å². The highest BCUT2D eigenvalue weighted by molar-refractivity contribution is 7.98. The third-order valence-corrected chi connectivity index (χ3v) is 5.43. The molecule has 0 saturated carbocycles. The highest BCUT2D eigenvalue weighted by Gasteiger charge is 2.33. The largest absolute Gasteiger partial charge is 0.481 e. The number of aliphatic carboxylic acids is 2. The first-order valence-corrected chi connectivity index (χ1v) is 11.6. The molecule has 4 amide bonds. The maximum Gasteiger partial charge on any atom is 0.326 e. The molecule has 0 aliphatic carbocycles. The van der Waals surface area contributed by atoms with Crippen molar-refractivity contribution < 1.29 is 39.0 Å². The third-order valence-electron chi connectivity index (χ3n) is 4.79. The molecular formula is C19H33N5O8S. The van der Waals surface area contributed by atoms with Gasteiger partial charge in [0.15, 0.2) is 0 Å². The molecule has 0 bridgehead atoms. The van der Waals surface area contributed by atoms with E-state index < -0.39 is 78.5 Å². The Hall–Kier alpha value is -2.87. The molecule has 0 rings (SSSR count). The van der Waals surface area contributed by atoms with E-state index in [4.69, 9.17) is 16.6 Å². The van der Waals surface area contributed by atoms with E-state index >= 15 is 0 Å². The summed E-state index contributed by atoms with van der Waals surface area (Å²) >= 11 is 1.37. The van der Waals surface area contributed by atoms with E-state index in [9.17, 15) is 33.9 Å². The Bertz CT molecular complexity index is 735. The van der Waals surface area contributed by atoms with Crippen LogP contribution in [-0.2, 0) is 28.8 Å². The van der Waals surface area contributed by atoms with Crippen LogP contribution in [0, 0.1) is 5.92 Å². The van der Waals surface area contributed by atoms with Crippen LogP contribution in [0.4, 0.5) is 0 Å². The number of carboxylic acids is 2. The number of hydrogen-bond acceptors (Lipinski definition) is 8. The average Bonchev–Trinajstić information content (AvgIpc) is 2.72. The quantitative estimate of drug-likeness (QED) is 0.125. The summed E-state index contributed by atoms with van der Waals surface area (Å²) in [5, 5.41) is 25.4. The molecule has 9 N–H and O–H groups in total. The van der Waals surface area contributed by atoms with E-state index in [1.54, 1.807) is 20.1 Å². The monoisotopic (exact) mass is 491 g/mol. The van der Waals surface area contributed by atoms with Crippen LogP contribution in [0.2, 0.25) is 0 Å². The molecule has 0 saturated heterocycles. The summed E-state index contributed by atoms with van der Waals surface area (Å²) in [5.41, 5.74) is 10.6. The normalized spacial score (nSPS) is 15.3. The van der Waals surface area contributed by atoms with Crippen molar-refractivity contribution in [1.82, 2.24) is 16.0 Å². The number of amides is 4. The van der Waals surface area contributed by atoms with Gasteiger partial charge in [0.25, 0.3) is 0 Å². The number of carbonyl (C=O) groups is 6. The fraction of sp³-hybridized carbons (Fsp3) is 0.684. The minimum atomic E-state index is -1.59. The van der Waals surface area contributed by atoms with Crippen LogP contribution in [0.15, 0.2) is 0 Å². The zero-order valence-corrected chi connectivity index (χ0v) is 19.6. The lowest BCUT2D eigenvalue weighted by Gasteiger charge is -2.26. The van der Waals surface area contributed by atoms with Crippen molar-refractivity contribution in [2.45, 2.75) is 63.7 Å². The van der Waals surface area contributed by atoms with Crippen LogP contribution in [0.3, 0.4) is 0 Å². The summed E-state index contributed by atoms with van der Waals surface area (Å²) in [6.45, 7) is 3.33. The molecule has 0 aromatic heterocycles. The molecule has 0 aliphatic rings. The molecule has 33 heavy (non-hydrogen) atoms. The molecule has 0 heterocycles. The van der Waals surface area contributed by atoms with Crippen molar-refractivity contribution in [3.63, 3.8) is 0 Å². The number of carbonyl (C=O) groups excluding carboxylic acids is 4. The second-order valence-corrected chi connectivity index (χ2v) is 8.47. The Morgan fingerprint density at radius 2 is 1.45 bits per heavy atom.